The Morgan fingerprint density at radius 1 is 1.36 bits per heavy atom. The Morgan fingerprint density at radius 3 is 2.64 bits per heavy atom. The number of benzene rings is 1. The Kier molecular flexibility index (Phi) is 5.65. The maximum absolute atomic E-state index is 14.2. The third kappa shape index (κ3) is 4.51. The summed E-state index contributed by atoms with van der Waals surface area (Å²) in [6.07, 6.45) is 0. The van der Waals surface area contributed by atoms with Gasteiger partial charge in [0.25, 0.3) is 11.8 Å². The van der Waals surface area contributed by atoms with Gasteiger partial charge in [-0.1, -0.05) is 0 Å². The summed E-state index contributed by atoms with van der Waals surface area (Å²) in [5.41, 5.74) is 5.15. The summed E-state index contributed by atoms with van der Waals surface area (Å²) in [4.78, 5) is 47.4. The van der Waals surface area contributed by atoms with E-state index >= 15 is 0 Å². The predicted octanol–water partition coefficient (Wildman–Crippen LogP) is -0.883. The zero-order valence-corrected chi connectivity index (χ0v) is 13.4. The van der Waals surface area contributed by atoms with Crippen LogP contribution in [0.15, 0.2) is 18.2 Å². The average molecular weight is 352 g/mol. The number of nitrogens with zero attached hydrogens (tertiary/aromatic N) is 1. The minimum absolute atomic E-state index is 0.0862. The van der Waals surface area contributed by atoms with Gasteiger partial charge in [0.15, 0.2) is 6.04 Å². The summed E-state index contributed by atoms with van der Waals surface area (Å²) in [7, 11) is 0. The molecular formula is C15H17FN4O5. The van der Waals surface area contributed by atoms with Crippen LogP contribution < -0.4 is 21.3 Å². The smallest absolute Gasteiger partial charge is 0.256 e. The fourth-order valence-electron chi connectivity index (χ4n) is 2.24. The molecule has 0 bridgehead atoms. The molecule has 1 atom stereocenters. The van der Waals surface area contributed by atoms with Crippen LogP contribution in [0.1, 0.15) is 6.92 Å². The van der Waals surface area contributed by atoms with Crippen LogP contribution in [0.5, 0.6) is 0 Å². The number of carbonyl (C=O) groups is 4. The van der Waals surface area contributed by atoms with Gasteiger partial charge in [0.2, 0.25) is 11.8 Å². The third-order valence-corrected chi connectivity index (χ3v) is 3.40. The van der Waals surface area contributed by atoms with Crippen LogP contribution in [0.3, 0.4) is 0 Å². The van der Waals surface area contributed by atoms with Crippen molar-refractivity contribution in [2.75, 3.05) is 30.0 Å². The van der Waals surface area contributed by atoms with Gasteiger partial charge in [-0.15, -0.1) is 0 Å². The number of hydrogen-bond donors (Lipinski definition) is 3. The molecule has 1 saturated heterocycles. The highest BCUT2D eigenvalue weighted by molar-refractivity contribution is 6.11. The van der Waals surface area contributed by atoms with Crippen LogP contribution in [0, 0.1) is 5.82 Å². The van der Waals surface area contributed by atoms with Crippen molar-refractivity contribution in [3.8, 4) is 0 Å². The number of anilines is 2. The van der Waals surface area contributed by atoms with Gasteiger partial charge in [-0.25, -0.2) is 4.39 Å². The van der Waals surface area contributed by atoms with E-state index in [4.69, 9.17) is 10.5 Å². The molecule has 1 heterocycles. The van der Waals surface area contributed by atoms with Crippen LogP contribution in [0.2, 0.25) is 0 Å². The number of nitrogens with two attached hydrogens (primary N) is 1. The summed E-state index contributed by atoms with van der Waals surface area (Å²) in [5, 5.41) is 4.25. The molecule has 9 nitrogen and oxygen atoms in total. The number of carbonyl (C=O) groups excluding carboxylic acids is 4. The highest BCUT2D eigenvalue weighted by Crippen LogP contribution is 2.23. The molecule has 2 rings (SSSR count). The van der Waals surface area contributed by atoms with E-state index in [-0.39, 0.29) is 24.7 Å². The number of nitrogens with one attached hydrogen (secondary N) is 2. The Labute approximate surface area is 142 Å². The number of primary amides is 1. The van der Waals surface area contributed by atoms with E-state index in [2.05, 4.69) is 10.6 Å². The van der Waals surface area contributed by atoms with Crippen molar-refractivity contribution in [2.45, 2.75) is 13.0 Å². The molecule has 4 amide bonds. The van der Waals surface area contributed by atoms with E-state index in [1.165, 1.54) is 17.0 Å². The minimum Gasteiger partial charge on any atom is -0.370 e. The zero-order valence-electron chi connectivity index (χ0n) is 13.4. The van der Waals surface area contributed by atoms with Crippen LogP contribution in [0.25, 0.3) is 0 Å². The fourth-order valence-corrected chi connectivity index (χ4v) is 2.24. The number of amides is 4. The number of morpholine rings is 1. The first kappa shape index (κ1) is 18.3. The van der Waals surface area contributed by atoms with E-state index in [1.807, 2.05) is 0 Å². The number of hydrogen-bond acceptors (Lipinski definition) is 5. The summed E-state index contributed by atoms with van der Waals surface area (Å²) >= 11 is 0. The molecule has 0 unspecified atom stereocenters. The predicted molar refractivity (Wildman–Crippen MR) is 85.0 cm³/mol. The van der Waals surface area contributed by atoms with Gasteiger partial charge in [0, 0.05) is 19.2 Å². The van der Waals surface area contributed by atoms with Crippen LogP contribution >= 0.6 is 0 Å². The van der Waals surface area contributed by atoms with Gasteiger partial charge in [-0.3, -0.25) is 19.2 Å². The summed E-state index contributed by atoms with van der Waals surface area (Å²) < 4.78 is 19.2. The third-order valence-electron chi connectivity index (χ3n) is 3.40. The first-order chi connectivity index (χ1) is 11.8. The van der Waals surface area contributed by atoms with Crippen LogP contribution in [-0.4, -0.2) is 49.4 Å². The Hall–Kier alpha value is -3.01. The van der Waals surface area contributed by atoms with E-state index in [0.717, 1.165) is 13.0 Å². The second-order valence-corrected chi connectivity index (χ2v) is 5.29. The SMILES string of the molecule is CC(=O)N[C@@H](C(N)=O)C(=O)Nc1ccc(N2CCOCC2=O)cc1F. The van der Waals surface area contributed by atoms with Crippen LogP contribution in [-0.2, 0) is 23.9 Å². The Balaban J connectivity index is 2.14. The van der Waals surface area contributed by atoms with Crippen molar-refractivity contribution in [3.05, 3.63) is 24.0 Å². The topological polar surface area (TPSA) is 131 Å². The number of rotatable bonds is 5. The molecule has 0 aliphatic carbocycles. The normalized spacial score (nSPS) is 15.4. The lowest BCUT2D eigenvalue weighted by atomic mass is 10.2. The molecular weight excluding hydrogens is 335 g/mol. The van der Waals surface area contributed by atoms with Crippen LogP contribution in [0.4, 0.5) is 15.8 Å². The summed E-state index contributed by atoms with van der Waals surface area (Å²) in [6, 6.07) is 2.14. The molecule has 25 heavy (non-hydrogen) atoms. The molecule has 4 N–H and O–H groups in total. The highest BCUT2D eigenvalue weighted by Gasteiger charge is 2.26. The average Bonchev–Trinajstić information content (AvgIpc) is 2.54. The molecule has 10 heteroatoms. The maximum atomic E-state index is 14.2. The second-order valence-electron chi connectivity index (χ2n) is 5.29. The summed E-state index contributed by atoms with van der Waals surface area (Å²) in [5.74, 6) is -3.81. The standard InChI is InChI=1S/C15H17FN4O5/c1-8(21)18-13(14(17)23)15(24)19-11-3-2-9(6-10(11)16)20-4-5-25-7-12(20)22/h2-3,6,13H,4-5,7H2,1H3,(H2,17,23)(H,18,21)(H,19,24)/t13-/m0/s1. The molecule has 0 spiro atoms. The molecule has 0 radical (unpaired) electrons. The summed E-state index contributed by atoms with van der Waals surface area (Å²) in [6.45, 7) is 1.65. The molecule has 134 valence electrons. The minimum atomic E-state index is -1.63. The largest absolute Gasteiger partial charge is 0.370 e. The lowest BCUT2D eigenvalue weighted by molar-refractivity contribution is -0.132. The fraction of sp³-hybridized carbons (Fsp3) is 0.333. The first-order valence-electron chi connectivity index (χ1n) is 7.34. The van der Waals surface area contributed by atoms with Crippen molar-refractivity contribution in [3.63, 3.8) is 0 Å². The van der Waals surface area contributed by atoms with E-state index in [0.29, 0.717) is 12.3 Å². The Morgan fingerprint density at radius 2 is 2.08 bits per heavy atom. The van der Waals surface area contributed by atoms with Gasteiger partial charge < -0.3 is 26.0 Å². The monoisotopic (exact) mass is 352 g/mol. The maximum Gasteiger partial charge on any atom is 0.256 e. The number of ether oxygens (including phenoxy) is 1. The van der Waals surface area contributed by atoms with E-state index in [1.54, 1.807) is 0 Å². The van der Waals surface area contributed by atoms with E-state index < -0.39 is 29.6 Å². The van der Waals surface area contributed by atoms with E-state index in [9.17, 15) is 23.6 Å². The molecule has 1 aromatic rings. The van der Waals surface area contributed by atoms with Gasteiger partial charge in [0.1, 0.15) is 12.4 Å². The highest BCUT2D eigenvalue weighted by atomic mass is 19.1. The number of halogens is 1. The zero-order chi connectivity index (χ0) is 18.6. The molecule has 1 aliphatic heterocycles. The van der Waals surface area contributed by atoms with Gasteiger partial charge in [-0.05, 0) is 18.2 Å². The molecule has 1 aliphatic rings. The molecule has 1 fully saturated rings. The van der Waals surface area contributed by atoms with Gasteiger partial charge in [0.05, 0.1) is 12.3 Å². The molecule has 0 aromatic heterocycles. The lowest BCUT2D eigenvalue weighted by Gasteiger charge is -2.27. The first-order valence-corrected chi connectivity index (χ1v) is 7.34. The van der Waals surface area contributed by atoms with Crippen molar-refractivity contribution >= 4 is 35.0 Å². The lowest BCUT2D eigenvalue weighted by Crippen LogP contribution is -2.51. The quantitative estimate of drug-likeness (QED) is 0.592. The Bertz CT molecular complexity index is 724. The second kappa shape index (κ2) is 7.71. The van der Waals surface area contributed by atoms with Crippen molar-refractivity contribution in [1.29, 1.82) is 0 Å². The molecule has 0 saturated carbocycles. The molecule has 1 aromatic carbocycles. The van der Waals surface area contributed by atoms with Gasteiger partial charge >= 0.3 is 0 Å². The van der Waals surface area contributed by atoms with Gasteiger partial charge in [-0.2, -0.15) is 0 Å². The van der Waals surface area contributed by atoms with Crippen molar-refractivity contribution in [1.82, 2.24) is 5.32 Å². The van der Waals surface area contributed by atoms with Crippen molar-refractivity contribution < 1.29 is 28.3 Å². The van der Waals surface area contributed by atoms with Crippen molar-refractivity contribution in [2.24, 2.45) is 5.73 Å².